The molecule has 2 amide bonds. The first kappa shape index (κ1) is 21.3. The first-order valence-corrected chi connectivity index (χ1v) is 11.3. The summed E-state index contributed by atoms with van der Waals surface area (Å²) in [5.41, 5.74) is 7.56. The van der Waals surface area contributed by atoms with E-state index in [1.807, 2.05) is 0 Å². The lowest BCUT2D eigenvalue weighted by Crippen LogP contribution is -2.49. The van der Waals surface area contributed by atoms with Crippen LogP contribution in [0.25, 0.3) is 0 Å². The van der Waals surface area contributed by atoms with E-state index in [1.54, 1.807) is 36.4 Å². The Balaban J connectivity index is 1.27. The number of carbonyl (C=O) groups excluding carboxylic acids is 2. The number of nitrogen functional groups attached to an aromatic ring is 1. The number of rotatable bonds is 6. The average Bonchev–Trinajstić information content (AvgIpc) is 2.81. The maximum Gasteiger partial charge on any atom is 0.274 e. The van der Waals surface area contributed by atoms with Gasteiger partial charge in [-0.25, -0.2) is 0 Å². The molecule has 1 aliphatic heterocycles. The molecule has 1 aromatic carbocycles. The molecule has 0 bridgehead atoms. The predicted molar refractivity (Wildman–Crippen MR) is 122 cm³/mol. The molecule has 4 rings (SSSR count). The van der Waals surface area contributed by atoms with Gasteiger partial charge in [0, 0.05) is 25.3 Å². The molecule has 1 saturated heterocycles. The number of hydrogen-bond donors (Lipinski definition) is 3. The first-order chi connectivity index (χ1) is 15.1. The Hall–Kier alpha value is -2.93. The standard InChI is InChI=1S/C24H31N5O2/c25-19-8-2-3-9-20(19)28-24(31)21-12-11-18(16-27-21)23(30)26-13-15-29-14-5-7-17-6-1-4-10-22(17)29/h2-3,8-9,11-12,16-17,22H,1,4-7,10,13-15,25H2,(H,26,30)(H,28,31). The van der Waals surface area contributed by atoms with E-state index in [4.69, 9.17) is 5.73 Å². The number of pyridine rings is 1. The number of likely N-dealkylation sites (tertiary alicyclic amines) is 1. The summed E-state index contributed by atoms with van der Waals surface area (Å²) in [7, 11) is 0. The van der Waals surface area contributed by atoms with E-state index in [2.05, 4.69) is 20.5 Å². The fraction of sp³-hybridized carbons (Fsp3) is 0.458. The summed E-state index contributed by atoms with van der Waals surface area (Å²) >= 11 is 0. The van der Waals surface area contributed by atoms with Crippen LogP contribution in [0.5, 0.6) is 0 Å². The van der Waals surface area contributed by atoms with Crippen LogP contribution < -0.4 is 16.4 Å². The highest BCUT2D eigenvalue weighted by molar-refractivity contribution is 6.04. The SMILES string of the molecule is Nc1ccccc1NC(=O)c1ccc(C(=O)NCCN2CCCC3CCCCC32)cn1. The number of carbonyl (C=O) groups is 2. The third-order valence-electron chi connectivity index (χ3n) is 6.51. The van der Waals surface area contributed by atoms with Crippen LogP contribution in [0.1, 0.15) is 59.4 Å². The van der Waals surface area contributed by atoms with Crippen molar-refractivity contribution in [2.75, 3.05) is 30.7 Å². The van der Waals surface area contributed by atoms with Crippen LogP contribution in [0.2, 0.25) is 0 Å². The zero-order chi connectivity index (χ0) is 21.6. The molecule has 0 spiro atoms. The number of piperidine rings is 1. The second kappa shape index (κ2) is 9.92. The minimum absolute atomic E-state index is 0.163. The summed E-state index contributed by atoms with van der Waals surface area (Å²) in [5.74, 6) is 0.313. The number of nitrogens with one attached hydrogen (secondary N) is 2. The maximum atomic E-state index is 12.5. The zero-order valence-electron chi connectivity index (χ0n) is 17.8. The highest BCUT2D eigenvalue weighted by Gasteiger charge is 2.32. The topological polar surface area (TPSA) is 100 Å². The molecule has 1 aromatic heterocycles. The third-order valence-corrected chi connectivity index (χ3v) is 6.51. The summed E-state index contributed by atoms with van der Waals surface area (Å²) in [4.78, 5) is 31.6. The van der Waals surface area contributed by atoms with Crippen molar-refractivity contribution in [1.29, 1.82) is 0 Å². The molecule has 7 nitrogen and oxygen atoms in total. The van der Waals surface area contributed by atoms with E-state index in [9.17, 15) is 9.59 Å². The van der Waals surface area contributed by atoms with Crippen LogP contribution in [-0.4, -0.2) is 47.4 Å². The number of nitrogens with zero attached hydrogens (tertiary/aromatic N) is 2. The normalized spacial score (nSPS) is 21.2. The molecular weight excluding hydrogens is 390 g/mol. The monoisotopic (exact) mass is 421 g/mol. The zero-order valence-corrected chi connectivity index (χ0v) is 17.8. The lowest BCUT2D eigenvalue weighted by atomic mass is 9.78. The van der Waals surface area contributed by atoms with Crippen LogP contribution >= 0.6 is 0 Å². The molecule has 1 saturated carbocycles. The smallest absolute Gasteiger partial charge is 0.274 e. The fourth-order valence-corrected chi connectivity index (χ4v) is 4.88. The lowest BCUT2D eigenvalue weighted by molar-refractivity contribution is 0.0607. The third kappa shape index (κ3) is 5.22. The summed E-state index contributed by atoms with van der Waals surface area (Å²) in [6.45, 7) is 2.64. The van der Waals surface area contributed by atoms with Crippen LogP contribution in [0.4, 0.5) is 11.4 Å². The fourth-order valence-electron chi connectivity index (χ4n) is 4.88. The first-order valence-electron chi connectivity index (χ1n) is 11.3. The van der Waals surface area contributed by atoms with Crippen molar-refractivity contribution in [3.8, 4) is 0 Å². The Labute approximate surface area is 183 Å². The molecule has 2 fully saturated rings. The van der Waals surface area contributed by atoms with Gasteiger partial charge in [-0.2, -0.15) is 0 Å². The van der Waals surface area contributed by atoms with Gasteiger partial charge in [0.15, 0.2) is 0 Å². The minimum atomic E-state index is -0.364. The van der Waals surface area contributed by atoms with E-state index < -0.39 is 0 Å². The van der Waals surface area contributed by atoms with Gasteiger partial charge in [0.1, 0.15) is 5.69 Å². The molecule has 2 aliphatic rings. The Morgan fingerprint density at radius 3 is 2.65 bits per heavy atom. The van der Waals surface area contributed by atoms with Gasteiger partial charge in [-0.05, 0) is 62.4 Å². The summed E-state index contributed by atoms with van der Waals surface area (Å²) in [5, 5.41) is 5.74. The quantitative estimate of drug-likeness (QED) is 0.622. The number of para-hydroxylation sites is 2. The molecular formula is C24H31N5O2. The van der Waals surface area contributed by atoms with Crippen molar-refractivity contribution in [1.82, 2.24) is 15.2 Å². The Bertz CT molecular complexity index is 912. The highest BCUT2D eigenvalue weighted by Crippen LogP contribution is 2.34. The van der Waals surface area contributed by atoms with E-state index in [0.717, 1.165) is 19.0 Å². The van der Waals surface area contributed by atoms with Gasteiger partial charge in [-0.15, -0.1) is 0 Å². The molecule has 7 heteroatoms. The van der Waals surface area contributed by atoms with Gasteiger partial charge in [-0.1, -0.05) is 25.0 Å². The average molecular weight is 422 g/mol. The summed E-state index contributed by atoms with van der Waals surface area (Å²) in [6, 6.07) is 10.9. The second-order valence-corrected chi connectivity index (χ2v) is 8.52. The van der Waals surface area contributed by atoms with Crippen LogP contribution in [-0.2, 0) is 0 Å². The Morgan fingerprint density at radius 1 is 1.03 bits per heavy atom. The minimum Gasteiger partial charge on any atom is -0.397 e. The highest BCUT2D eigenvalue weighted by atomic mass is 16.2. The van der Waals surface area contributed by atoms with Gasteiger partial charge in [0.2, 0.25) is 0 Å². The molecule has 1 aliphatic carbocycles. The van der Waals surface area contributed by atoms with Gasteiger partial charge >= 0.3 is 0 Å². The van der Waals surface area contributed by atoms with E-state index in [0.29, 0.717) is 29.5 Å². The summed E-state index contributed by atoms with van der Waals surface area (Å²) < 4.78 is 0. The maximum absolute atomic E-state index is 12.5. The van der Waals surface area contributed by atoms with Gasteiger partial charge in [0.25, 0.3) is 11.8 Å². The van der Waals surface area contributed by atoms with Crippen molar-refractivity contribution in [3.63, 3.8) is 0 Å². The molecule has 2 unspecified atom stereocenters. The van der Waals surface area contributed by atoms with E-state index in [-0.39, 0.29) is 17.5 Å². The summed E-state index contributed by atoms with van der Waals surface area (Å²) in [6.07, 6.45) is 9.40. The number of aromatic nitrogens is 1. The molecule has 2 aromatic rings. The largest absolute Gasteiger partial charge is 0.397 e. The Morgan fingerprint density at radius 2 is 1.84 bits per heavy atom. The van der Waals surface area contributed by atoms with Gasteiger partial charge in [-0.3, -0.25) is 19.5 Å². The molecule has 0 radical (unpaired) electrons. The van der Waals surface area contributed by atoms with Crippen molar-refractivity contribution in [2.45, 2.75) is 44.6 Å². The van der Waals surface area contributed by atoms with Gasteiger partial charge in [0.05, 0.1) is 16.9 Å². The molecule has 31 heavy (non-hydrogen) atoms. The van der Waals surface area contributed by atoms with E-state index in [1.165, 1.54) is 44.7 Å². The Kier molecular flexibility index (Phi) is 6.82. The van der Waals surface area contributed by atoms with Crippen LogP contribution in [0.3, 0.4) is 0 Å². The molecule has 4 N–H and O–H groups in total. The molecule has 2 atom stereocenters. The van der Waals surface area contributed by atoms with Crippen molar-refractivity contribution < 1.29 is 9.59 Å². The lowest BCUT2D eigenvalue weighted by Gasteiger charge is -2.44. The van der Waals surface area contributed by atoms with Gasteiger partial charge < -0.3 is 16.4 Å². The number of nitrogens with two attached hydrogens (primary N) is 1. The number of amides is 2. The number of fused-ring (bicyclic) bond motifs is 1. The molecule has 164 valence electrons. The number of benzene rings is 1. The van der Waals surface area contributed by atoms with Crippen molar-refractivity contribution in [2.24, 2.45) is 5.92 Å². The van der Waals surface area contributed by atoms with Crippen molar-refractivity contribution >= 4 is 23.2 Å². The van der Waals surface area contributed by atoms with Crippen LogP contribution in [0.15, 0.2) is 42.6 Å². The second-order valence-electron chi connectivity index (χ2n) is 8.52. The number of anilines is 2. The molecule has 2 heterocycles. The van der Waals surface area contributed by atoms with Crippen LogP contribution in [0, 0.1) is 5.92 Å². The number of hydrogen-bond acceptors (Lipinski definition) is 5. The van der Waals surface area contributed by atoms with E-state index >= 15 is 0 Å². The predicted octanol–water partition coefficient (Wildman–Crippen LogP) is 3.30. The van der Waals surface area contributed by atoms with Crippen molar-refractivity contribution in [3.05, 3.63) is 53.9 Å².